The van der Waals surface area contributed by atoms with E-state index in [9.17, 15) is 0 Å². The third-order valence-corrected chi connectivity index (χ3v) is 6.67. The number of anilines is 1. The number of nitrogens with zero attached hydrogens (tertiary/aromatic N) is 6. The second kappa shape index (κ2) is 6.33. The van der Waals surface area contributed by atoms with Gasteiger partial charge in [0.15, 0.2) is 5.01 Å². The molecule has 2 aliphatic rings. The Labute approximate surface area is 161 Å². The first-order valence-electron chi connectivity index (χ1n) is 8.72. The summed E-state index contributed by atoms with van der Waals surface area (Å²) in [6.07, 6.45) is 5.41. The van der Waals surface area contributed by atoms with E-state index in [0.29, 0.717) is 5.02 Å². The molecule has 2 fully saturated rings. The Morgan fingerprint density at radius 2 is 1.92 bits per heavy atom. The quantitative estimate of drug-likeness (QED) is 0.692. The molecule has 0 aliphatic carbocycles. The van der Waals surface area contributed by atoms with Crippen molar-refractivity contribution in [3.05, 3.63) is 41.9 Å². The van der Waals surface area contributed by atoms with Gasteiger partial charge in [-0.3, -0.25) is 0 Å². The number of halogens is 1. The molecule has 1 aromatic carbocycles. The minimum Gasteiger partial charge on any atom is -0.346 e. The smallest absolute Gasteiger partial charge is 0.208 e. The van der Waals surface area contributed by atoms with Crippen molar-refractivity contribution in [3.8, 4) is 16.3 Å². The van der Waals surface area contributed by atoms with Crippen molar-refractivity contribution < 1.29 is 0 Å². The summed E-state index contributed by atoms with van der Waals surface area (Å²) in [6, 6.07) is 5.98. The first-order valence-corrected chi connectivity index (χ1v) is 9.92. The first kappa shape index (κ1) is 16.2. The Bertz CT molecular complexity index is 910. The molecule has 0 N–H and O–H groups in total. The number of fused-ring (bicyclic) bond motifs is 1. The SMILES string of the molecule is CN1CC2CN(c3nnc(-c4ccc(-n5ccnc5)cc4Cl)s3)CC2C1. The number of benzene rings is 1. The summed E-state index contributed by atoms with van der Waals surface area (Å²) in [5.41, 5.74) is 1.91. The van der Waals surface area contributed by atoms with Gasteiger partial charge in [-0.1, -0.05) is 22.9 Å². The molecule has 4 heterocycles. The fourth-order valence-corrected chi connectivity index (χ4v) is 5.31. The molecule has 2 aromatic heterocycles. The maximum absolute atomic E-state index is 6.53. The Hall–Kier alpha value is -1.96. The number of hydrogen-bond donors (Lipinski definition) is 0. The van der Waals surface area contributed by atoms with Crippen molar-refractivity contribution in [3.63, 3.8) is 0 Å². The highest BCUT2D eigenvalue weighted by atomic mass is 35.5. The van der Waals surface area contributed by atoms with Crippen molar-refractivity contribution in [1.82, 2.24) is 24.6 Å². The number of likely N-dealkylation sites (tertiary alicyclic amines) is 1. The molecule has 3 aromatic rings. The molecular weight excluding hydrogens is 368 g/mol. The Balaban J connectivity index is 1.37. The van der Waals surface area contributed by atoms with E-state index >= 15 is 0 Å². The predicted molar refractivity (Wildman–Crippen MR) is 104 cm³/mol. The highest BCUT2D eigenvalue weighted by molar-refractivity contribution is 7.18. The lowest BCUT2D eigenvalue weighted by atomic mass is 10.0. The van der Waals surface area contributed by atoms with E-state index in [0.717, 1.165) is 46.3 Å². The van der Waals surface area contributed by atoms with Crippen LogP contribution in [0.3, 0.4) is 0 Å². The van der Waals surface area contributed by atoms with Crippen molar-refractivity contribution in [2.45, 2.75) is 0 Å². The van der Waals surface area contributed by atoms with Crippen molar-refractivity contribution in [1.29, 1.82) is 0 Å². The van der Waals surface area contributed by atoms with E-state index < -0.39 is 0 Å². The van der Waals surface area contributed by atoms with Gasteiger partial charge in [0.05, 0.1) is 11.3 Å². The number of imidazole rings is 1. The van der Waals surface area contributed by atoms with E-state index in [1.807, 2.05) is 29.0 Å². The van der Waals surface area contributed by atoms with Gasteiger partial charge in [-0.15, -0.1) is 10.2 Å². The topological polar surface area (TPSA) is 50.1 Å². The summed E-state index contributed by atoms with van der Waals surface area (Å²) in [5.74, 6) is 1.51. The molecule has 5 rings (SSSR count). The Morgan fingerprint density at radius 1 is 1.12 bits per heavy atom. The largest absolute Gasteiger partial charge is 0.346 e. The van der Waals surface area contributed by atoms with Crippen LogP contribution >= 0.6 is 22.9 Å². The summed E-state index contributed by atoms with van der Waals surface area (Å²) < 4.78 is 1.93. The molecular formula is C18H19ClN6S. The molecule has 2 atom stereocenters. The average Bonchev–Trinajstić information content (AvgIpc) is 3.38. The van der Waals surface area contributed by atoms with Crippen molar-refractivity contribution in [2.24, 2.45) is 11.8 Å². The van der Waals surface area contributed by atoms with Crippen molar-refractivity contribution in [2.75, 3.05) is 38.1 Å². The van der Waals surface area contributed by atoms with Crippen LogP contribution in [0.5, 0.6) is 0 Å². The normalized spacial score (nSPS) is 22.9. The van der Waals surface area contributed by atoms with Crippen LogP contribution in [0.1, 0.15) is 0 Å². The van der Waals surface area contributed by atoms with Crippen LogP contribution in [0, 0.1) is 11.8 Å². The van der Waals surface area contributed by atoms with E-state index in [1.54, 1.807) is 23.9 Å². The van der Waals surface area contributed by atoms with Crippen LogP contribution < -0.4 is 4.90 Å². The predicted octanol–water partition coefficient (Wildman–Crippen LogP) is 3.04. The average molecular weight is 387 g/mol. The zero-order chi connectivity index (χ0) is 17.7. The summed E-state index contributed by atoms with van der Waals surface area (Å²) in [7, 11) is 2.21. The molecule has 0 amide bonds. The van der Waals surface area contributed by atoms with Gasteiger partial charge in [-0.05, 0) is 37.1 Å². The van der Waals surface area contributed by atoms with Crippen LogP contribution in [0.4, 0.5) is 5.13 Å². The molecule has 8 heteroatoms. The molecule has 2 aliphatic heterocycles. The molecule has 2 saturated heterocycles. The third kappa shape index (κ3) is 2.80. The fourth-order valence-electron chi connectivity index (χ4n) is 4.09. The van der Waals surface area contributed by atoms with Crippen LogP contribution in [-0.2, 0) is 0 Å². The van der Waals surface area contributed by atoms with Gasteiger partial charge in [0.1, 0.15) is 0 Å². The Kier molecular flexibility index (Phi) is 3.95. The monoisotopic (exact) mass is 386 g/mol. The van der Waals surface area contributed by atoms with E-state index in [2.05, 4.69) is 32.0 Å². The summed E-state index contributed by atoms with van der Waals surface area (Å²) >= 11 is 8.16. The van der Waals surface area contributed by atoms with Gasteiger partial charge >= 0.3 is 0 Å². The Morgan fingerprint density at radius 3 is 2.62 bits per heavy atom. The van der Waals surface area contributed by atoms with Gasteiger partial charge in [-0.2, -0.15) is 0 Å². The molecule has 134 valence electrons. The number of rotatable bonds is 3. The minimum atomic E-state index is 0.679. The number of aromatic nitrogens is 4. The third-order valence-electron chi connectivity index (χ3n) is 5.34. The van der Waals surface area contributed by atoms with Gasteiger partial charge in [-0.25, -0.2) is 4.98 Å². The zero-order valence-corrected chi connectivity index (χ0v) is 16.0. The second-order valence-corrected chi connectivity index (χ2v) is 8.53. The lowest BCUT2D eigenvalue weighted by molar-refractivity contribution is 0.387. The minimum absolute atomic E-state index is 0.679. The fraction of sp³-hybridized carbons (Fsp3) is 0.389. The molecule has 0 saturated carbocycles. The van der Waals surface area contributed by atoms with Crippen LogP contribution in [0.15, 0.2) is 36.9 Å². The van der Waals surface area contributed by atoms with Crippen LogP contribution in [0.2, 0.25) is 5.02 Å². The molecule has 0 bridgehead atoms. The van der Waals surface area contributed by atoms with Gasteiger partial charge in [0, 0.05) is 49.8 Å². The van der Waals surface area contributed by atoms with E-state index in [-0.39, 0.29) is 0 Å². The maximum Gasteiger partial charge on any atom is 0.208 e. The van der Waals surface area contributed by atoms with Gasteiger partial charge < -0.3 is 14.4 Å². The molecule has 2 unspecified atom stereocenters. The van der Waals surface area contributed by atoms with E-state index in [1.165, 1.54) is 13.1 Å². The van der Waals surface area contributed by atoms with Crippen LogP contribution in [-0.4, -0.2) is 57.9 Å². The lowest BCUT2D eigenvalue weighted by Crippen LogP contribution is -2.26. The molecule has 6 nitrogen and oxygen atoms in total. The number of hydrogen-bond acceptors (Lipinski definition) is 6. The van der Waals surface area contributed by atoms with Gasteiger partial charge in [0.2, 0.25) is 5.13 Å². The van der Waals surface area contributed by atoms with Crippen molar-refractivity contribution >= 4 is 28.1 Å². The molecule has 0 radical (unpaired) electrons. The molecule has 0 spiro atoms. The standard InChI is InChI=1S/C18H19ClN6S/c1-23-7-12-9-25(10-13(12)8-23)18-22-21-17(26-18)15-3-2-14(6-16(15)19)24-5-4-20-11-24/h2-6,11-13H,7-10H2,1H3. The van der Waals surface area contributed by atoms with E-state index in [4.69, 9.17) is 11.6 Å². The van der Waals surface area contributed by atoms with Crippen LogP contribution in [0.25, 0.3) is 16.3 Å². The lowest BCUT2D eigenvalue weighted by Gasteiger charge is -2.17. The summed E-state index contributed by atoms with van der Waals surface area (Å²) in [4.78, 5) is 8.89. The highest BCUT2D eigenvalue weighted by Gasteiger charge is 2.39. The summed E-state index contributed by atoms with van der Waals surface area (Å²) in [6.45, 7) is 4.54. The zero-order valence-electron chi connectivity index (χ0n) is 14.4. The first-order chi connectivity index (χ1) is 12.7. The van der Waals surface area contributed by atoms with Gasteiger partial charge in [0.25, 0.3) is 0 Å². The highest BCUT2D eigenvalue weighted by Crippen LogP contribution is 2.38. The summed E-state index contributed by atoms with van der Waals surface area (Å²) in [5, 5.41) is 11.4. The molecule has 26 heavy (non-hydrogen) atoms. The second-order valence-electron chi connectivity index (χ2n) is 7.17. The maximum atomic E-state index is 6.53.